The Morgan fingerprint density at radius 3 is 2.00 bits per heavy atom. The van der Waals surface area contributed by atoms with Crippen LogP contribution in [0.25, 0.3) is 11.1 Å². The lowest BCUT2D eigenvalue weighted by atomic mass is 9.70. The molecule has 4 rings (SSSR count). The first-order chi connectivity index (χ1) is 14.6. The van der Waals surface area contributed by atoms with E-state index in [2.05, 4.69) is 64.0 Å². The maximum absolute atomic E-state index is 13.2. The van der Waals surface area contributed by atoms with Gasteiger partial charge in [-0.1, -0.05) is 110 Å². The molecule has 0 fully saturated rings. The molecule has 150 valence electrons. The number of carbonyl (C=O) groups excluding carboxylic acids is 1. The molecule has 4 aromatic rings. The Morgan fingerprint density at radius 2 is 1.40 bits per heavy atom. The molecule has 0 radical (unpaired) electrons. The van der Waals surface area contributed by atoms with Crippen molar-refractivity contribution in [2.24, 2.45) is 5.41 Å². The lowest BCUT2D eigenvalue weighted by Gasteiger charge is -2.33. The van der Waals surface area contributed by atoms with Crippen molar-refractivity contribution >= 4 is 22.4 Å². The highest BCUT2D eigenvalue weighted by molar-refractivity contribution is 7.13. The van der Waals surface area contributed by atoms with Crippen LogP contribution in [0.1, 0.15) is 30.9 Å². The van der Waals surface area contributed by atoms with Crippen molar-refractivity contribution in [1.29, 1.82) is 0 Å². The summed E-state index contributed by atoms with van der Waals surface area (Å²) in [5, 5.41) is 11.2. The van der Waals surface area contributed by atoms with Gasteiger partial charge in [-0.05, 0) is 22.3 Å². The number of hydrogen-bond acceptors (Lipinski definition) is 4. The first-order valence-electron chi connectivity index (χ1n) is 9.83. The zero-order chi connectivity index (χ0) is 21.0. The number of benzene rings is 3. The van der Waals surface area contributed by atoms with Gasteiger partial charge in [0.1, 0.15) is 5.51 Å². The van der Waals surface area contributed by atoms with Crippen LogP contribution in [-0.2, 0) is 4.79 Å². The molecule has 0 aliphatic heterocycles. The van der Waals surface area contributed by atoms with Crippen LogP contribution in [0, 0.1) is 5.41 Å². The molecule has 1 atom stereocenters. The summed E-state index contributed by atoms with van der Waals surface area (Å²) in [5.41, 5.74) is 5.43. The molecule has 1 heterocycles. The van der Waals surface area contributed by atoms with Crippen LogP contribution in [0.15, 0.2) is 90.4 Å². The molecule has 1 aromatic heterocycles. The van der Waals surface area contributed by atoms with E-state index in [1.54, 1.807) is 5.51 Å². The van der Waals surface area contributed by atoms with Crippen molar-refractivity contribution in [3.8, 4) is 11.1 Å². The maximum atomic E-state index is 13.2. The molecule has 0 aliphatic carbocycles. The summed E-state index contributed by atoms with van der Waals surface area (Å²) in [6.07, 6.45) is 0. The Bertz CT molecular complexity index is 1090. The van der Waals surface area contributed by atoms with Gasteiger partial charge in [0.15, 0.2) is 0 Å². The van der Waals surface area contributed by atoms with Gasteiger partial charge in [-0.2, -0.15) is 0 Å². The second-order valence-electron chi connectivity index (χ2n) is 7.75. The van der Waals surface area contributed by atoms with Crippen LogP contribution in [0.3, 0.4) is 0 Å². The second kappa shape index (κ2) is 8.59. The molecule has 0 saturated heterocycles. The van der Waals surface area contributed by atoms with Gasteiger partial charge in [0.25, 0.3) is 0 Å². The minimum atomic E-state index is -0.707. The average Bonchev–Trinajstić information content (AvgIpc) is 3.29. The molecular weight excluding hydrogens is 390 g/mol. The van der Waals surface area contributed by atoms with E-state index in [-0.39, 0.29) is 11.8 Å². The third-order valence-corrected chi connectivity index (χ3v) is 5.98. The van der Waals surface area contributed by atoms with Crippen LogP contribution < -0.4 is 5.32 Å². The molecule has 30 heavy (non-hydrogen) atoms. The summed E-state index contributed by atoms with van der Waals surface area (Å²) in [4.78, 5) is 13.2. The van der Waals surface area contributed by atoms with Gasteiger partial charge in [0.05, 0.1) is 5.41 Å². The summed E-state index contributed by atoms with van der Waals surface area (Å²) in [7, 11) is 0. The molecule has 0 spiro atoms. The molecule has 1 unspecified atom stereocenters. The fourth-order valence-electron chi connectivity index (χ4n) is 3.79. The Labute approximate surface area is 180 Å². The fraction of sp³-hybridized carbons (Fsp3) is 0.160. The number of nitrogens with one attached hydrogen (secondary N) is 1. The molecule has 4 nitrogen and oxygen atoms in total. The summed E-state index contributed by atoms with van der Waals surface area (Å²) in [5.74, 6) is -0.198. The van der Waals surface area contributed by atoms with Crippen LogP contribution in [0.5, 0.6) is 0 Å². The quantitative estimate of drug-likeness (QED) is 0.422. The number of rotatable bonds is 6. The van der Waals surface area contributed by atoms with Crippen molar-refractivity contribution < 1.29 is 4.79 Å². The first kappa shape index (κ1) is 20.0. The molecule has 5 heteroatoms. The van der Waals surface area contributed by atoms with Gasteiger partial charge in [0.2, 0.25) is 11.0 Å². The van der Waals surface area contributed by atoms with Gasteiger partial charge < -0.3 is 5.32 Å². The SMILES string of the molecule is CC(C)(C(=O)Nc1nncs1)C(c1ccccc1)c1ccc(-c2ccccc2)cc1. The van der Waals surface area contributed by atoms with Crippen molar-refractivity contribution in [3.63, 3.8) is 0 Å². The van der Waals surface area contributed by atoms with E-state index in [0.29, 0.717) is 5.13 Å². The summed E-state index contributed by atoms with van der Waals surface area (Å²) in [6, 6.07) is 29.0. The van der Waals surface area contributed by atoms with Crippen LogP contribution in [-0.4, -0.2) is 16.1 Å². The standard InChI is InChI=1S/C25H23N3OS/c1-25(2,23(29)27-24-28-26-17-30-24)22(20-11-7-4-8-12-20)21-15-13-19(14-16-21)18-9-5-3-6-10-18/h3-17,22H,1-2H3,(H,27,28,29). The third-order valence-electron chi connectivity index (χ3n) is 5.37. The van der Waals surface area contributed by atoms with Crippen LogP contribution in [0.2, 0.25) is 0 Å². The maximum Gasteiger partial charge on any atom is 0.232 e. The Morgan fingerprint density at radius 1 is 0.833 bits per heavy atom. The van der Waals surface area contributed by atoms with Gasteiger partial charge in [-0.3, -0.25) is 4.79 Å². The van der Waals surface area contributed by atoms with Gasteiger partial charge in [0, 0.05) is 5.92 Å². The number of aromatic nitrogens is 2. The van der Waals surface area contributed by atoms with Crippen LogP contribution >= 0.6 is 11.3 Å². The largest absolute Gasteiger partial charge is 0.300 e. The van der Waals surface area contributed by atoms with Gasteiger partial charge in [-0.15, -0.1) is 10.2 Å². The highest BCUT2D eigenvalue weighted by Gasteiger charge is 2.39. The second-order valence-corrected chi connectivity index (χ2v) is 8.58. The van der Waals surface area contributed by atoms with Crippen molar-refractivity contribution in [1.82, 2.24) is 10.2 Å². The molecule has 3 aromatic carbocycles. The number of anilines is 1. The molecule has 1 amide bonds. The minimum absolute atomic E-state index is 0.0831. The van der Waals surface area contributed by atoms with Gasteiger partial charge in [-0.25, -0.2) is 0 Å². The Balaban J connectivity index is 1.71. The van der Waals surface area contributed by atoms with Gasteiger partial charge >= 0.3 is 0 Å². The van der Waals surface area contributed by atoms with Crippen molar-refractivity contribution in [2.45, 2.75) is 19.8 Å². The smallest absolute Gasteiger partial charge is 0.232 e. The number of nitrogens with zero attached hydrogens (tertiary/aromatic N) is 2. The lowest BCUT2D eigenvalue weighted by Crippen LogP contribution is -2.37. The van der Waals surface area contributed by atoms with E-state index in [1.165, 1.54) is 16.9 Å². The summed E-state index contributed by atoms with van der Waals surface area (Å²) < 4.78 is 0. The molecule has 0 bridgehead atoms. The average molecular weight is 414 g/mol. The molecule has 0 aliphatic rings. The molecular formula is C25H23N3OS. The van der Waals surface area contributed by atoms with E-state index in [4.69, 9.17) is 0 Å². The highest BCUT2D eigenvalue weighted by atomic mass is 32.1. The first-order valence-corrected chi connectivity index (χ1v) is 10.7. The van der Waals surface area contributed by atoms with Crippen molar-refractivity contribution in [2.75, 3.05) is 5.32 Å². The van der Waals surface area contributed by atoms with E-state index in [1.807, 2.05) is 50.2 Å². The zero-order valence-corrected chi connectivity index (χ0v) is 17.8. The third kappa shape index (κ3) is 4.16. The number of carbonyl (C=O) groups is 1. The van der Waals surface area contributed by atoms with E-state index >= 15 is 0 Å². The molecule has 1 N–H and O–H groups in total. The van der Waals surface area contributed by atoms with Crippen LogP contribution in [0.4, 0.5) is 5.13 Å². The Hall–Kier alpha value is -3.31. The predicted molar refractivity (Wildman–Crippen MR) is 122 cm³/mol. The van der Waals surface area contributed by atoms with Crippen molar-refractivity contribution in [3.05, 3.63) is 102 Å². The lowest BCUT2D eigenvalue weighted by molar-refractivity contribution is -0.124. The fourth-order valence-corrected chi connectivity index (χ4v) is 4.23. The summed E-state index contributed by atoms with van der Waals surface area (Å²) in [6.45, 7) is 3.96. The predicted octanol–water partition coefficient (Wildman–Crippen LogP) is 6.00. The minimum Gasteiger partial charge on any atom is -0.300 e. The number of hydrogen-bond donors (Lipinski definition) is 1. The zero-order valence-electron chi connectivity index (χ0n) is 16.9. The highest BCUT2D eigenvalue weighted by Crippen LogP contribution is 2.42. The Kier molecular flexibility index (Phi) is 5.72. The normalized spacial score (nSPS) is 12.3. The molecule has 0 saturated carbocycles. The summed E-state index contributed by atoms with van der Waals surface area (Å²) >= 11 is 1.32. The number of amides is 1. The van der Waals surface area contributed by atoms with E-state index < -0.39 is 5.41 Å². The van der Waals surface area contributed by atoms with E-state index in [9.17, 15) is 4.79 Å². The van der Waals surface area contributed by atoms with E-state index in [0.717, 1.165) is 16.7 Å². The monoisotopic (exact) mass is 413 g/mol. The topological polar surface area (TPSA) is 54.9 Å².